The molecule has 1 N–H and O–H groups in total. The molecule has 0 spiro atoms. The van der Waals surface area contributed by atoms with Crippen molar-refractivity contribution in [3.05, 3.63) is 65.2 Å². The highest BCUT2D eigenvalue weighted by molar-refractivity contribution is 7.88. The summed E-state index contributed by atoms with van der Waals surface area (Å²) in [5.74, 6) is -5.11. The first kappa shape index (κ1) is 25.0. The lowest BCUT2D eigenvalue weighted by atomic mass is 10.0. The Morgan fingerprint density at radius 3 is 2.09 bits per heavy atom. The van der Waals surface area contributed by atoms with Gasteiger partial charge in [0.25, 0.3) is 5.91 Å². The first-order chi connectivity index (χ1) is 14.9. The molecule has 0 unspecified atom stereocenters. The number of benzene rings is 2. The molecule has 1 atom stereocenters. The van der Waals surface area contributed by atoms with Gasteiger partial charge in [-0.25, -0.2) is 13.6 Å². The van der Waals surface area contributed by atoms with Crippen molar-refractivity contribution in [3.63, 3.8) is 0 Å². The molecule has 2 aromatic carbocycles. The van der Waals surface area contributed by atoms with Gasteiger partial charge in [-0.1, -0.05) is 18.2 Å². The number of nitrogens with one attached hydrogen (secondary N) is 1. The molecule has 2 aromatic rings. The minimum atomic E-state index is -5.86. The maximum atomic E-state index is 13.8. The summed E-state index contributed by atoms with van der Waals surface area (Å²) >= 11 is 0. The Kier molecular flexibility index (Phi) is 7.78. The quantitative estimate of drug-likeness (QED) is 0.269. The number of carbonyl (C=O) groups excluding carboxylic acids is 2. The van der Waals surface area contributed by atoms with E-state index in [1.54, 1.807) is 0 Å². The molecular formula is C19H16F5NO6S. The molecule has 0 aliphatic rings. The molecule has 0 fully saturated rings. The Morgan fingerprint density at radius 2 is 1.59 bits per heavy atom. The fourth-order valence-corrected chi connectivity index (χ4v) is 2.93. The van der Waals surface area contributed by atoms with E-state index in [4.69, 9.17) is 4.74 Å². The van der Waals surface area contributed by atoms with Crippen molar-refractivity contribution in [1.29, 1.82) is 0 Å². The highest BCUT2D eigenvalue weighted by atomic mass is 32.2. The molecule has 2 rings (SSSR count). The number of carbonyl (C=O) groups is 2. The topological polar surface area (TPSA) is 98.8 Å². The van der Waals surface area contributed by atoms with Crippen LogP contribution in [-0.2, 0) is 26.1 Å². The number of hydrogen-bond acceptors (Lipinski definition) is 6. The van der Waals surface area contributed by atoms with Gasteiger partial charge in [0.2, 0.25) is 0 Å². The van der Waals surface area contributed by atoms with Gasteiger partial charge >= 0.3 is 21.6 Å². The fraction of sp³-hybridized carbons (Fsp3) is 0.263. The number of rotatable bonds is 8. The van der Waals surface area contributed by atoms with Crippen LogP contribution in [0.1, 0.15) is 22.8 Å². The highest BCUT2D eigenvalue weighted by Gasteiger charge is 2.48. The Labute approximate surface area is 179 Å². The predicted molar refractivity (Wildman–Crippen MR) is 100.0 cm³/mol. The zero-order valence-electron chi connectivity index (χ0n) is 16.3. The Hall–Kier alpha value is -3.22. The smallest absolute Gasteiger partial charge is 0.464 e. The number of esters is 1. The van der Waals surface area contributed by atoms with Gasteiger partial charge in [0, 0.05) is 6.42 Å². The van der Waals surface area contributed by atoms with Crippen LogP contribution in [0, 0.1) is 11.6 Å². The van der Waals surface area contributed by atoms with Gasteiger partial charge in [0.05, 0.1) is 6.61 Å². The van der Waals surface area contributed by atoms with Gasteiger partial charge in [-0.2, -0.15) is 21.6 Å². The number of halogens is 5. The summed E-state index contributed by atoms with van der Waals surface area (Å²) in [6, 6.07) is 5.43. The summed E-state index contributed by atoms with van der Waals surface area (Å²) in [4.78, 5) is 24.5. The Bertz CT molecular complexity index is 1070. The van der Waals surface area contributed by atoms with E-state index in [1.807, 2.05) is 0 Å². The molecule has 1 amide bonds. The van der Waals surface area contributed by atoms with Crippen molar-refractivity contribution >= 4 is 22.0 Å². The van der Waals surface area contributed by atoms with E-state index in [0.717, 1.165) is 42.5 Å². The Balaban J connectivity index is 2.20. The van der Waals surface area contributed by atoms with Crippen molar-refractivity contribution in [2.75, 3.05) is 6.61 Å². The normalized spacial score (nSPS) is 12.7. The van der Waals surface area contributed by atoms with E-state index in [2.05, 4.69) is 9.50 Å². The predicted octanol–water partition coefficient (Wildman–Crippen LogP) is 3.10. The highest BCUT2D eigenvalue weighted by Crippen LogP contribution is 2.27. The number of ether oxygens (including phenoxy) is 1. The van der Waals surface area contributed by atoms with Crippen molar-refractivity contribution in [1.82, 2.24) is 5.32 Å². The Morgan fingerprint density at radius 1 is 1.03 bits per heavy atom. The molecule has 0 aromatic heterocycles. The maximum Gasteiger partial charge on any atom is 0.534 e. The molecule has 7 nitrogen and oxygen atoms in total. The minimum Gasteiger partial charge on any atom is -0.464 e. The average Bonchev–Trinajstić information content (AvgIpc) is 2.68. The van der Waals surface area contributed by atoms with Crippen molar-refractivity contribution in [2.45, 2.75) is 24.9 Å². The fourth-order valence-electron chi connectivity index (χ4n) is 2.47. The van der Waals surface area contributed by atoms with E-state index >= 15 is 0 Å². The molecule has 174 valence electrons. The molecule has 0 aliphatic heterocycles. The van der Waals surface area contributed by atoms with Gasteiger partial charge < -0.3 is 14.2 Å². The minimum absolute atomic E-state index is 0.0681. The van der Waals surface area contributed by atoms with E-state index in [0.29, 0.717) is 0 Å². The maximum absolute atomic E-state index is 13.8. The molecule has 0 heterocycles. The van der Waals surface area contributed by atoms with Crippen LogP contribution in [0.2, 0.25) is 0 Å². The SMILES string of the molecule is CCOC(=O)[C@H](Cc1ccc(OS(=O)(=O)C(F)(F)F)cc1)NC(=O)c1c(F)cccc1F. The van der Waals surface area contributed by atoms with Crippen molar-refractivity contribution in [3.8, 4) is 5.75 Å². The summed E-state index contributed by atoms with van der Waals surface area (Å²) in [6.07, 6.45) is -0.285. The second-order valence-electron chi connectivity index (χ2n) is 6.21. The average molecular weight is 481 g/mol. The van der Waals surface area contributed by atoms with Crippen LogP contribution in [0.5, 0.6) is 5.75 Å². The molecule has 0 saturated carbocycles. The third kappa shape index (κ3) is 6.15. The largest absolute Gasteiger partial charge is 0.534 e. The molecule has 0 saturated heterocycles. The number of amides is 1. The van der Waals surface area contributed by atoms with Gasteiger partial charge in [-0.15, -0.1) is 0 Å². The van der Waals surface area contributed by atoms with Gasteiger partial charge in [-0.3, -0.25) is 4.79 Å². The lowest BCUT2D eigenvalue weighted by molar-refractivity contribution is -0.145. The molecular weight excluding hydrogens is 465 g/mol. The van der Waals surface area contributed by atoms with E-state index in [1.165, 1.54) is 6.92 Å². The first-order valence-electron chi connectivity index (χ1n) is 8.87. The molecule has 0 bridgehead atoms. The second kappa shape index (κ2) is 9.94. The molecule has 0 radical (unpaired) electrons. The first-order valence-corrected chi connectivity index (χ1v) is 10.3. The van der Waals surface area contributed by atoms with E-state index in [9.17, 15) is 40.0 Å². The third-order valence-electron chi connectivity index (χ3n) is 3.92. The van der Waals surface area contributed by atoms with Gasteiger partial charge in [0.1, 0.15) is 29.0 Å². The van der Waals surface area contributed by atoms with Crippen molar-refractivity contribution < 1.29 is 48.9 Å². The summed E-state index contributed by atoms with van der Waals surface area (Å²) in [5, 5.41) is 2.15. The number of hydrogen-bond donors (Lipinski definition) is 1. The van der Waals surface area contributed by atoms with Gasteiger partial charge in [0.15, 0.2) is 0 Å². The summed E-state index contributed by atoms with van der Waals surface area (Å²) < 4.78 is 95.7. The lowest BCUT2D eigenvalue weighted by Gasteiger charge is -2.18. The monoisotopic (exact) mass is 481 g/mol. The second-order valence-corrected chi connectivity index (χ2v) is 7.74. The third-order valence-corrected chi connectivity index (χ3v) is 4.90. The van der Waals surface area contributed by atoms with Crippen LogP contribution in [0.15, 0.2) is 42.5 Å². The molecule has 0 aliphatic carbocycles. The van der Waals surface area contributed by atoms with Crippen molar-refractivity contribution in [2.24, 2.45) is 0 Å². The standard InChI is InChI=1S/C19H16F5NO6S/c1-2-30-18(27)15(25-17(26)16-13(20)4-3-5-14(16)21)10-11-6-8-12(9-7-11)31-32(28,29)19(22,23)24/h3-9,15H,2,10H2,1H3,(H,25,26)/t15-/m0/s1. The van der Waals surface area contributed by atoms with E-state index < -0.39 is 56.5 Å². The lowest BCUT2D eigenvalue weighted by Crippen LogP contribution is -2.44. The molecule has 13 heteroatoms. The van der Waals surface area contributed by atoms with Crippen LogP contribution in [0.3, 0.4) is 0 Å². The zero-order chi connectivity index (χ0) is 24.1. The van der Waals surface area contributed by atoms with Crippen LogP contribution < -0.4 is 9.50 Å². The molecule has 32 heavy (non-hydrogen) atoms. The summed E-state index contributed by atoms with van der Waals surface area (Å²) in [7, 11) is -5.86. The van der Waals surface area contributed by atoms with E-state index in [-0.39, 0.29) is 18.6 Å². The van der Waals surface area contributed by atoms with Gasteiger partial charge in [-0.05, 0) is 36.8 Å². The van der Waals surface area contributed by atoms with Crippen LogP contribution in [0.25, 0.3) is 0 Å². The zero-order valence-corrected chi connectivity index (χ0v) is 17.1. The summed E-state index contributed by atoms with van der Waals surface area (Å²) in [5.41, 5.74) is -6.29. The number of alkyl halides is 3. The van der Waals surface area contributed by atoms with Crippen LogP contribution in [0.4, 0.5) is 22.0 Å². The summed E-state index contributed by atoms with van der Waals surface area (Å²) in [6.45, 7) is 1.42. The van der Waals surface area contributed by atoms with Crippen LogP contribution >= 0.6 is 0 Å². The van der Waals surface area contributed by atoms with Crippen LogP contribution in [-0.4, -0.2) is 38.5 Å².